The molecule has 0 aromatic heterocycles. The third-order valence-corrected chi connectivity index (χ3v) is 3.21. The van der Waals surface area contributed by atoms with E-state index in [2.05, 4.69) is 35.9 Å². The van der Waals surface area contributed by atoms with Gasteiger partial charge in [-0.1, -0.05) is 12.1 Å². The summed E-state index contributed by atoms with van der Waals surface area (Å²) in [6.45, 7) is 6.31. The van der Waals surface area contributed by atoms with E-state index < -0.39 is 0 Å². The second-order valence-electron chi connectivity index (χ2n) is 4.54. The molecule has 0 radical (unpaired) electrons. The normalized spacial score (nSPS) is 10.9. The average Bonchev–Trinajstić information content (AvgIpc) is 2.48. The lowest BCUT2D eigenvalue weighted by Gasteiger charge is -2.20. The van der Waals surface area contributed by atoms with Crippen LogP contribution in [0.3, 0.4) is 0 Å². The fourth-order valence-electron chi connectivity index (χ4n) is 2.09. The van der Waals surface area contributed by atoms with Crippen molar-refractivity contribution in [2.75, 3.05) is 18.0 Å². The number of aromatic hydroxyl groups is 1. The van der Waals surface area contributed by atoms with Gasteiger partial charge in [0.2, 0.25) is 0 Å². The van der Waals surface area contributed by atoms with Crippen molar-refractivity contribution in [3.05, 3.63) is 54.1 Å². The van der Waals surface area contributed by atoms with Gasteiger partial charge in [-0.15, -0.1) is 0 Å². The average molecular weight is 268 g/mol. The molecule has 0 aliphatic carbocycles. The molecule has 0 atom stereocenters. The van der Waals surface area contributed by atoms with E-state index in [0.717, 1.165) is 24.3 Å². The van der Waals surface area contributed by atoms with Crippen LogP contribution in [0.2, 0.25) is 0 Å². The molecule has 0 spiro atoms. The molecule has 3 nitrogen and oxygen atoms in total. The van der Waals surface area contributed by atoms with Crippen LogP contribution in [0.25, 0.3) is 0 Å². The first-order chi connectivity index (χ1) is 9.72. The fourth-order valence-corrected chi connectivity index (χ4v) is 2.09. The molecular formula is C17H20N2O. The number of hydrogen-bond donors (Lipinski definition) is 1. The van der Waals surface area contributed by atoms with Crippen LogP contribution >= 0.6 is 0 Å². The zero-order chi connectivity index (χ0) is 14.4. The van der Waals surface area contributed by atoms with Gasteiger partial charge in [0, 0.05) is 25.0 Å². The minimum absolute atomic E-state index is 0.255. The van der Waals surface area contributed by atoms with Crippen molar-refractivity contribution in [1.82, 2.24) is 0 Å². The van der Waals surface area contributed by atoms with E-state index in [1.807, 2.05) is 18.2 Å². The van der Waals surface area contributed by atoms with Crippen LogP contribution in [0.5, 0.6) is 5.75 Å². The maximum Gasteiger partial charge on any atom is 0.116 e. The quantitative estimate of drug-likeness (QED) is 0.832. The van der Waals surface area contributed by atoms with Crippen LogP contribution in [-0.4, -0.2) is 24.4 Å². The van der Waals surface area contributed by atoms with E-state index in [1.165, 1.54) is 5.69 Å². The Morgan fingerprint density at radius 3 is 2.35 bits per heavy atom. The summed E-state index contributed by atoms with van der Waals surface area (Å²) in [5.41, 5.74) is 3.01. The number of nitrogens with zero attached hydrogens (tertiary/aromatic N) is 2. The first-order valence-corrected chi connectivity index (χ1v) is 6.91. The van der Waals surface area contributed by atoms with Gasteiger partial charge >= 0.3 is 0 Å². The summed E-state index contributed by atoms with van der Waals surface area (Å²) in [6, 6.07) is 15.2. The van der Waals surface area contributed by atoms with Crippen LogP contribution in [0, 0.1) is 0 Å². The lowest BCUT2D eigenvalue weighted by atomic mass is 10.2. The topological polar surface area (TPSA) is 35.8 Å². The first kappa shape index (κ1) is 14.1. The second-order valence-corrected chi connectivity index (χ2v) is 4.54. The lowest BCUT2D eigenvalue weighted by Crippen LogP contribution is -2.21. The Balaban J connectivity index is 2.11. The molecule has 0 amide bonds. The Hall–Kier alpha value is -2.29. The minimum Gasteiger partial charge on any atom is -0.508 e. The van der Waals surface area contributed by atoms with E-state index in [0.29, 0.717) is 0 Å². The number of anilines is 1. The van der Waals surface area contributed by atoms with Gasteiger partial charge in [-0.05, 0) is 55.8 Å². The van der Waals surface area contributed by atoms with Gasteiger partial charge < -0.3 is 10.0 Å². The molecule has 3 heteroatoms. The monoisotopic (exact) mass is 268 g/mol. The highest BCUT2D eigenvalue weighted by Crippen LogP contribution is 2.20. The molecule has 0 bridgehead atoms. The van der Waals surface area contributed by atoms with E-state index in [1.54, 1.807) is 24.4 Å². The third kappa shape index (κ3) is 3.60. The van der Waals surface area contributed by atoms with Crippen molar-refractivity contribution >= 4 is 17.6 Å². The van der Waals surface area contributed by atoms with E-state index >= 15 is 0 Å². The van der Waals surface area contributed by atoms with Crippen LogP contribution in [0.4, 0.5) is 11.4 Å². The number of phenols is 1. The molecule has 0 aliphatic rings. The Kier molecular flexibility index (Phi) is 4.77. The van der Waals surface area contributed by atoms with Crippen molar-refractivity contribution in [2.24, 2.45) is 4.99 Å². The summed E-state index contributed by atoms with van der Waals surface area (Å²) in [5, 5.41) is 9.39. The molecule has 0 aliphatic heterocycles. The third-order valence-electron chi connectivity index (χ3n) is 3.21. The Labute approximate surface area is 120 Å². The van der Waals surface area contributed by atoms with Crippen molar-refractivity contribution in [3.8, 4) is 5.75 Å². The summed E-state index contributed by atoms with van der Waals surface area (Å²) in [6.07, 6.45) is 1.76. The van der Waals surface area contributed by atoms with Crippen molar-refractivity contribution in [3.63, 3.8) is 0 Å². The molecule has 1 N–H and O–H groups in total. The molecule has 20 heavy (non-hydrogen) atoms. The number of phenolic OH excluding ortho intramolecular Hbond substituents is 1. The molecule has 0 unspecified atom stereocenters. The molecule has 0 fully saturated rings. The van der Waals surface area contributed by atoms with Crippen molar-refractivity contribution in [2.45, 2.75) is 13.8 Å². The maximum atomic E-state index is 9.39. The molecule has 0 saturated heterocycles. The molecule has 2 aromatic rings. The molecule has 2 rings (SSSR count). The predicted molar refractivity (Wildman–Crippen MR) is 85.4 cm³/mol. The fraction of sp³-hybridized carbons (Fsp3) is 0.235. The van der Waals surface area contributed by atoms with Crippen molar-refractivity contribution < 1.29 is 5.11 Å². The highest BCUT2D eigenvalue weighted by Gasteiger charge is 2.00. The number of benzene rings is 2. The molecule has 0 saturated carbocycles. The summed E-state index contributed by atoms with van der Waals surface area (Å²) < 4.78 is 0. The van der Waals surface area contributed by atoms with E-state index in [-0.39, 0.29) is 5.75 Å². The second kappa shape index (κ2) is 6.75. The largest absolute Gasteiger partial charge is 0.508 e. The molecule has 0 heterocycles. The highest BCUT2D eigenvalue weighted by atomic mass is 16.3. The van der Waals surface area contributed by atoms with Crippen LogP contribution in [0.1, 0.15) is 19.4 Å². The highest BCUT2D eigenvalue weighted by molar-refractivity contribution is 5.82. The van der Waals surface area contributed by atoms with Gasteiger partial charge in [0.15, 0.2) is 0 Å². The molecular weight excluding hydrogens is 248 g/mol. The minimum atomic E-state index is 0.255. The van der Waals surface area contributed by atoms with Crippen molar-refractivity contribution in [1.29, 1.82) is 0 Å². The summed E-state index contributed by atoms with van der Waals surface area (Å²) in [7, 11) is 0. The van der Waals surface area contributed by atoms with E-state index in [4.69, 9.17) is 0 Å². The SMILES string of the molecule is CCN(CC)c1ccc(/N=C/c2cccc(O)c2)cc1. The molecule has 104 valence electrons. The van der Waals surface area contributed by atoms with Gasteiger partial charge in [0.25, 0.3) is 0 Å². The van der Waals surface area contributed by atoms with Gasteiger partial charge in [-0.3, -0.25) is 4.99 Å². The van der Waals surface area contributed by atoms with Crippen LogP contribution in [-0.2, 0) is 0 Å². The Morgan fingerprint density at radius 2 is 1.75 bits per heavy atom. The first-order valence-electron chi connectivity index (χ1n) is 6.91. The van der Waals surface area contributed by atoms with Gasteiger partial charge in [0.1, 0.15) is 5.75 Å². The van der Waals surface area contributed by atoms with Gasteiger partial charge in [-0.25, -0.2) is 0 Å². The number of hydrogen-bond acceptors (Lipinski definition) is 3. The number of aliphatic imine (C=N–C) groups is 1. The lowest BCUT2D eigenvalue weighted by molar-refractivity contribution is 0.475. The summed E-state index contributed by atoms with van der Waals surface area (Å²) in [4.78, 5) is 6.71. The van der Waals surface area contributed by atoms with E-state index in [9.17, 15) is 5.11 Å². The Morgan fingerprint density at radius 1 is 1.05 bits per heavy atom. The Bertz CT molecular complexity index is 572. The van der Waals surface area contributed by atoms with Crippen LogP contribution in [0.15, 0.2) is 53.5 Å². The standard InChI is InChI=1S/C17H20N2O/c1-3-19(4-2)16-10-8-15(9-11-16)18-13-14-6-5-7-17(20)12-14/h5-13,20H,3-4H2,1-2H3/b18-13+. The van der Waals surface area contributed by atoms with Crippen LogP contribution < -0.4 is 4.90 Å². The predicted octanol–water partition coefficient (Wildman–Crippen LogP) is 3.99. The summed E-state index contributed by atoms with van der Waals surface area (Å²) >= 11 is 0. The van der Waals surface area contributed by atoms with Gasteiger partial charge in [0.05, 0.1) is 5.69 Å². The maximum absolute atomic E-state index is 9.39. The summed E-state index contributed by atoms with van der Waals surface area (Å²) in [5.74, 6) is 0.255. The zero-order valence-corrected chi connectivity index (χ0v) is 12.0. The smallest absolute Gasteiger partial charge is 0.116 e. The van der Waals surface area contributed by atoms with Gasteiger partial charge in [-0.2, -0.15) is 0 Å². The number of rotatable bonds is 5. The molecule has 2 aromatic carbocycles. The zero-order valence-electron chi connectivity index (χ0n) is 12.0.